The minimum absolute atomic E-state index is 0.0401. The van der Waals surface area contributed by atoms with Crippen molar-refractivity contribution >= 4 is 10.9 Å². The maximum absolute atomic E-state index is 6.28. The van der Waals surface area contributed by atoms with Gasteiger partial charge < -0.3 is 16.8 Å². The number of rotatable bonds is 7. The van der Waals surface area contributed by atoms with Crippen LogP contribution >= 0.6 is 0 Å². The fourth-order valence-electron chi connectivity index (χ4n) is 2.21. The summed E-state index contributed by atoms with van der Waals surface area (Å²) in [4.78, 5) is 4.36. The van der Waals surface area contributed by atoms with Gasteiger partial charge in [-0.1, -0.05) is 18.2 Å². The summed E-state index contributed by atoms with van der Waals surface area (Å²) in [5.41, 5.74) is 13.9. The van der Waals surface area contributed by atoms with Crippen LogP contribution in [0.15, 0.2) is 36.5 Å². The molecular weight excluding hydrogens is 236 g/mol. The molecule has 2 aromatic rings. The van der Waals surface area contributed by atoms with Crippen LogP contribution in [0.2, 0.25) is 0 Å². The van der Waals surface area contributed by atoms with Crippen LogP contribution in [-0.4, -0.2) is 24.6 Å². The van der Waals surface area contributed by atoms with E-state index in [-0.39, 0.29) is 6.04 Å². The lowest BCUT2D eigenvalue weighted by Gasteiger charge is -2.14. The summed E-state index contributed by atoms with van der Waals surface area (Å²) in [7, 11) is 0. The minimum atomic E-state index is 0.0401. The number of pyridine rings is 1. The van der Waals surface area contributed by atoms with Crippen molar-refractivity contribution in [3.63, 3.8) is 0 Å². The average Bonchev–Trinajstić information content (AvgIpc) is 2.46. The van der Waals surface area contributed by atoms with Gasteiger partial charge in [0, 0.05) is 17.6 Å². The van der Waals surface area contributed by atoms with Crippen LogP contribution in [0.4, 0.5) is 0 Å². The molecule has 1 atom stereocenters. The molecule has 0 spiro atoms. The monoisotopic (exact) mass is 258 g/mol. The van der Waals surface area contributed by atoms with E-state index in [9.17, 15) is 0 Å². The first-order valence-corrected chi connectivity index (χ1v) is 6.83. The number of benzene rings is 1. The molecule has 1 heterocycles. The van der Waals surface area contributed by atoms with E-state index in [0.717, 1.165) is 43.4 Å². The molecule has 0 fully saturated rings. The van der Waals surface area contributed by atoms with Gasteiger partial charge in [-0.25, -0.2) is 0 Å². The van der Waals surface area contributed by atoms with E-state index >= 15 is 0 Å². The third-order valence-corrected chi connectivity index (χ3v) is 3.27. The fraction of sp³-hybridized carbons (Fsp3) is 0.400. The highest BCUT2D eigenvalue weighted by Gasteiger charge is 2.09. The van der Waals surface area contributed by atoms with Crippen molar-refractivity contribution < 1.29 is 0 Å². The molecule has 2 rings (SSSR count). The van der Waals surface area contributed by atoms with Gasteiger partial charge >= 0.3 is 0 Å². The van der Waals surface area contributed by atoms with E-state index in [2.05, 4.69) is 16.4 Å². The van der Waals surface area contributed by atoms with Crippen molar-refractivity contribution in [3.8, 4) is 0 Å². The summed E-state index contributed by atoms with van der Waals surface area (Å²) < 4.78 is 0. The molecule has 0 bridgehead atoms. The number of para-hydroxylation sites is 1. The van der Waals surface area contributed by atoms with E-state index in [1.54, 1.807) is 0 Å². The molecule has 0 radical (unpaired) electrons. The van der Waals surface area contributed by atoms with E-state index in [0.29, 0.717) is 0 Å². The second kappa shape index (κ2) is 7.19. The lowest BCUT2D eigenvalue weighted by molar-refractivity contribution is 0.573. The quantitative estimate of drug-likeness (QED) is 0.659. The van der Waals surface area contributed by atoms with E-state index in [1.807, 2.05) is 30.5 Å². The van der Waals surface area contributed by atoms with Gasteiger partial charge in [-0.2, -0.15) is 0 Å². The molecule has 1 aromatic carbocycles. The van der Waals surface area contributed by atoms with E-state index in [1.165, 1.54) is 5.56 Å². The summed E-state index contributed by atoms with van der Waals surface area (Å²) in [5, 5.41) is 4.51. The maximum Gasteiger partial charge on any atom is 0.0705 e. The highest BCUT2D eigenvalue weighted by atomic mass is 14.9. The predicted octanol–water partition coefficient (Wildman–Crippen LogP) is 1.56. The number of nitrogens with zero attached hydrogens (tertiary/aromatic N) is 1. The standard InChI is InChI=1S/C15H22N4/c16-8-3-9-18-10-7-14(17)12-6-11-19-15-5-2-1-4-13(12)15/h1-2,4-6,11,14,18H,3,7-10,16-17H2. The first-order chi connectivity index (χ1) is 9.33. The molecule has 0 amide bonds. The molecule has 4 nitrogen and oxygen atoms in total. The van der Waals surface area contributed by atoms with Gasteiger partial charge in [-0.15, -0.1) is 0 Å². The summed E-state index contributed by atoms with van der Waals surface area (Å²) in [6.07, 6.45) is 3.76. The molecule has 0 saturated carbocycles. The number of nitrogens with one attached hydrogen (secondary N) is 1. The van der Waals surface area contributed by atoms with Crippen LogP contribution in [-0.2, 0) is 0 Å². The summed E-state index contributed by atoms with van der Waals surface area (Å²) in [5.74, 6) is 0. The second-order valence-corrected chi connectivity index (χ2v) is 4.70. The first-order valence-electron chi connectivity index (χ1n) is 6.83. The Morgan fingerprint density at radius 2 is 2.00 bits per heavy atom. The molecule has 102 valence electrons. The smallest absolute Gasteiger partial charge is 0.0705 e. The third-order valence-electron chi connectivity index (χ3n) is 3.27. The van der Waals surface area contributed by atoms with Crippen LogP contribution in [0.5, 0.6) is 0 Å². The number of fused-ring (bicyclic) bond motifs is 1. The first kappa shape index (κ1) is 13.9. The van der Waals surface area contributed by atoms with Crippen LogP contribution in [0, 0.1) is 0 Å². The SMILES string of the molecule is NCCCNCCC(N)c1ccnc2ccccc12. The molecule has 0 saturated heterocycles. The van der Waals surface area contributed by atoms with Crippen LogP contribution in [0.3, 0.4) is 0 Å². The van der Waals surface area contributed by atoms with Crippen LogP contribution in [0.1, 0.15) is 24.4 Å². The van der Waals surface area contributed by atoms with Crippen molar-refractivity contribution in [2.45, 2.75) is 18.9 Å². The normalized spacial score (nSPS) is 12.7. The lowest BCUT2D eigenvalue weighted by Crippen LogP contribution is -2.23. The van der Waals surface area contributed by atoms with Gasteiger partial charge in [-0.3, -0.25) is 4.98 Å². The Morgan fingerprint density at radius 3 is 2.84 bits per heavy atom. The van der Waals surface area contributed by atoms with Gasteiger partial charge in [0.15, 0.2) is 0 Å². The molecular formula is C15H22N4. The topological polar surface area (TPSA) is 77.0 Å². The zero-order valence-electron chi connectivity index (χ0n) is 11.2. The van der Waals surface area contributed by atoms with Crippen molar-refractivity contribution in [2.24, 2.45) is 11.5 Å². The molecule has 19 heavy (non-hydrogen) atoms. The molecule has 1 aromatic heterocycles. The van der Waals surface area contributed by atoms with Gasteiger partial charge in [-0.05, 0) is 50.2 Å². The fourth-order valence-corrected chi connectivity index (χ4v) is 2.21. The number of nitrogens with two attached hydrogens (primary N) is 2. The minimum Gasteiger partial charge on any atom is -0.330 e. The summed E-state index contributed by atoms with van der Waals surface area (Å²) >= 11 is 0. The Bertz CT molecular complexity index is 507. The number of aromatic nitrogens is 1. The van der Waals surface area contributed by atoms with Crippen LogP contribution < -0.4 is 16.8 Å². The van der Waals surface area contributed by atoms with E-state index in [4.69, 9.17) is 11.5 Å². The van der Waals surface area contributed by atoms with Crippen molar-refractivity contribution in [2.75, 3.05) is 19.6 Å². The molecule has 0 aliphatic heterocycles. The average molecular weight is 258 g/mol. The number of hydrogen-bond donors (Lipinski definition) is 3. The molecule has 4 heteroatoms. The Labute approximate surface area is 114 Å². The van der Waals surface area contributed by atoms with Gasteiger partial charge in [0.2, 0.25) is 0 Å². The van der Waals surface area contributed by atoms with Gasteiger partial charge in [0.05, 0.1) is 5.52 Å². The zero-order valence-corrected chi connectivity index (χ0v) is 11.2. The largest absolute Gasteiger partial charge is 0.330 e. The van der Waals surface area contributed by atoms with Crippen molar-refractivity contribution in [1.82, 2.24) is 10.3 Å². The van der Waals surface area contributed by atoms with Gasteiger partial charge in [0.25, 0.3) is 0 Å². The Balaban J connectivity index is 1.99. The highest BCUT2D eigenvalue weighted by Crippen LogP contribution is 2.22. The molecule has 5 N–H and O–H groups in total. The molecule has 0 aliphatic rings. The zero-order chi connectivity index (χ0) is 13.5. The van der Waals surface area contributed by atoms with Gasteiger partial charge in [0.1, 0.15) is 0 Å². The summed E-state index contributed by atoms with van der Waals surface area (Å²) in [6, 6.07) is 10.2. The second-order valence-electron chi connectivity index (χ2n) is 4.70. The van der Waals surface area contributed by atoms with Crippen molar-refractivity contribution in [1.29, 1.82) is 0 Å². The Hall–Kier alpha value is -1.49. The summed E-state index contributed by atoms with van der Waals surface area (Å²) in [6.45, 7) is 2.60. The maximum atomic E-state index is 6.28. The Kier molecular flexibility index (Phi) is 5.27. The highest BCUT2D eigenvalue weighted by molar-refractivity contribution is 5.82. The third kappa shape index (κ3) is 3.73. The Morgan fingerprint density at radius 1 is 1.16 bits per heavy atom. The van der Waals surface area contributed by atoms with Crippen LogP contribution in [0.25, 0.3) is 10.9 Å². The van der Waals surface area contributed by atoms with E-state index < -0.39 is 0 Å². The molecule has 1 unspecified atom stereocenters. The molecule has 0 aliphatic carbocycles. The lowest BCUT2D eigenvalue weighted by atomic mass is 10.0. The predicted molar refractivity (Wildman–Crippen MR) is 79.8 cm³/mol. The van der Waals surface area contributed by atoms with Crippen molar-refractivity contribution in [3.05, 3.63) is 42.1 Å². The number of hydrogen-bond acceptors (Lipinski definition) is 4.